The van der Waals surface area contributed by atoms with E-state index in [9.17, 15) is 0 Å². The van der Waals surface area contributed by atoms with Crippen molar-refractivity contribution in [2.45, 2.75) is 6.92 Å². The third-order valence-electron chi connectivity index (χ3n) is 2.24. The van der Waals surface area contributed by atoms with Gasteiger partial charge < -0.3 is 10.2 Å². The second kappa shape index (κ2) is 5.46. The van der Waals surface area contributed by atoms with Gasteiger partial charge in [0.2, 0.25) is 0 Å². The van der Waals surface area contributed by atoms with Gasteiger partial charge >= 0.3 is 0 Å². The smallest absolute Gasteiger partial charge is 0.138 e. The molecule has 4 nitrogen and oxygen atoms in total. The number of thiophene rings is 1. The van der Waals surface area contributed by atoms with Crippen LogP contribution < -0.4 is 10.2 Å². The average Bonchev–Trinajstić information content (AvgIpc) is 2.76. The van der Waals surface area contributed by atoms with Crippen molar-refractivity contribution in [3.8, 4) is 0 Å². The fourth-order valence-electron chi connectivity index (χ4n) is 1.41. The lowest BCUT2D eigenvalue weighted by Gasteiger charge is -2.16. The van der Waals surface area contributed by atoms with Gasteiger partial charge in [-0.15, -0.1) is 11.3 Å². The Morgan fingerprint density at radius 3 is 2.88 bits per heavy atom. The third kappa shape index (κ3) is 2.95. The second-order valence-corrected chi connectivity index (χ2v) is 5.87. The highest BCUT2D eigenvalue weighted by Crippen LogP contribution is 2.32. The van der Waals surface area contributed by atoms with E-state index in [-0.39, 0.29) is 0 Å². The SMILES string of the molecule is CCNc1cc(N(C)c2ccc(Br)s2)ncn1. The number of rotatable bonds is 4. The number of anilines is 3. The molecule has 0 aromatic carbocycles. The van der Waals surface area contributed by atoms with Crippen LogP contribution in [0.15, 0.2) is 28.3 Å². The normalized spacial score (nSPS) is 10.3. The van der Waals surface area contributed by atoms with Gasteiger partial charge in [0.05, 0.1) is 8.79 Å². The van der Waals surface area contributed by atoms with Crippen molar-refractivity contribution in [2.24, 2.45) is 0 Å². The average molecular weight is 313 g/mol. The van der Waals surface area contributed by atoms with Crippen molar-refractivity contribution in [1.82, 2.24) is 9.97 Å². The molecule has 0 spiro atoms. The molecule has 0 bridgehead atoms. The molecule has 0 saturated heterocycles. The monoisotopic (exact) mass is 312 g/mol. The zero-order valence-electron chi connectivity index (χ0n) is 9.64. The number of aromatic nitrogens is 2. The van der Waals surface area contributed by atoms with Crippen molar-refractivity contribution in [3.05, 3.63) is 28.3 Å². The molecule has 0 atom stereocenters. The molecule has 2 rings (SSSR count). The lowest BCUT2D eigenvalue weighted by Crippen LogP contribution is -2.10. The van der Waals surface area contributed by atoms with Crippen LogP contribution in [0.2, 0.25) is 0 Å². The van der Waals surface area contributed by atoms with Crippen LogP contribution in [-0.4, -0.2) is 23.6 Å². The topological polar surface area (TPSA) is 41.0 Å². The summed E-state index contributed by atoms with van der Waals surface area (Å²) in [5.74, 6) is 1.73. The lowest BCUT2D eigenvalue weighted by molar-refractivity contribution is 1.07. The van der Waals surface area contributed by atoms with Crippen molar-refractivity contribution in [3.63, 3.8) is 0 Å². The highest BCUT2D eigenvalue weighted by molar-refractivity contribution is 9.11. The molecule has 90 valence electrons. The summed E-state index contributed by atoms with van der Waals surface area (Å²) < 4.78 is 1.11. The van der Waals surface area contributed by atoms with E-state index in [2.05, 4.69) is 37.3 Å². The summed E-state index contributed by atoms with van der Waals surface area (Å²) >= 11 is 5.13. The molecular weight excluding hydrogens is 300 g/mol. The van der Waals surface area contributed by atoms with Gasteiger partial charge in [-0.1, -0.05) is 0 Å². The summed E-state index contributed by atoms with van der Waals surface area (Å²) in [7, 11) is 2.00. The van der Waals surface area contributed by atoms with E-state index in [1.807, 2.05) is 31.0 Å². The minimum absolute atomic E-state index is 0.847. The molecular formula is C11H13BrN4S. The molecule has 0 unspecified atom stereocenters. The van der Waals surface area contributed by atoms with Gasteiger partial charge in [-0.25, -0.2) is 9.97 Å². The second-order valence-electron chi connectivity index (χ2n) is 3.43. The Balaban J connectivity index is 2.24. The number of hydrogen-bond acceptors (Lipinski definition) is 5. The van der Waals surface area contributed by atoms with Gasteiger partial charge in [-0.3, -0.25) is 0 Å². The molecule has 0 fully saturated rings. The van der Waals surface area contributed by atoms with Crippen molar-refractivity contribution >= 4 is 43.9 Å². The predicted octanol–water partition coefficient (Wildman–Crippen LogP) is 3.50. The summed E-state index contributed by atoms with van der Waals surface area (Å²) in [6, 6.07) is 6.03. The number of nitrogens with zero attached hydrogens (tertiary/aromatic N) is 3. The highest BCUT2D eigenvalue weighted by atomic mass is 79.9. The maximum absolute atomic E-state index is 4.27. The van der Waals surface area contributed by atoms with Crippen LogP contribution in [0.3, 0.4) is 0 Å². The quantitative estimate of drug-likeness (QED) is 0.938. The first-order valence-corrected chi connectivity index (χ1v) is 6.86. The van der Waals surface area contributed by atoms with Crippen LogP contribution >= 0.6 is 27.3 Å². The van der Waals surface area contributed by atoms with Gasteiger partial charge in [0.1, 0.15) is 18.0 Å². The Hall–Kier alpha value is -1.14. The first-order valence-electron chi connectivity index (χ1n) is 5.25. The fourth-order valence-corrected chi connectivity index (χ4v) is 2.74. The minimum atomic E-state index is 0.847. The Morgan fingerprint density at radius 1 is 1.41 bits per heavy atom. The molecule has 0 aliphatic carbocycles. The molecule has 6 heteroatoms. The van der Waals surface area contributed by atoms with Gasteiger partial charge in [0.25, 0.3) is 0 Å². The van der Waals surface area contributed by atoms with Crippen LogP contribution in [0, 0.1) is 0 Å². The Morgan fingerprint density at radius 2 is 2.24 bits per heavy atom. The first kappa shape index (κ1) is 12.3. The highest BCUT2D eigenvalue weighted by Gasteiger charge is 2.08. The predicted molar refractivity (Wildman–Crippen MR) is 76.3 cm³/mol. The van der Waals surface area contributed by atoms with Crippen molar-refractivity contribution < 1.29 is 0 Å². The van der Waals surface area contributed by atoms with Crippen LogP contribution in [0.25, 0.3) is 0 Å². The third-order valence-corrected chi connectivity index (χ3v) is 3.94. The molecule has 0 aliphatic heterocycles. The van der Waals surface area contributed by atoms with E-state index in [1.165, 1.54) is 0 Å². The zero-order chi connectivity index (χ0) is 12.3. The van der Waals surface area contributed by atoms with Crippen LogP contribution in [0.4, 0.5) is 16.6 Å². The summed E-state index contributed by atoms with van der Waals surface area (Å²) in [4.78, 5) is 10.5. The molecule has 2 aromatic heterocycles. The Labute approximate surface area is 113 Å². The van der Waals surface area contributed by atoms with Gasteiger partial charge in [0.15, 0.2) is 0 Å². The van der Waals surface area contributed by atoms with E-state index in [0.717, 1.165) is 27.0 Å². The van der Waals surface area contributed by atoms with Crippen LogP contribution in [0.5, 0.6) is 0 Å². The first-order chi connectivity index (χ1) is 8.20. The molecule has 0 radical (unpaired) electrons. The van der Waals surface area contributed by atoms with Crippen LogP contribution in [0.1, 0.15) is 6.92 Å². The number of halogens is 1. The zero-order valence-corrected chi connectivity index (χ0v) is 12.0. The lowest BCUT2D eigenvalue weighted by atomic mass is 10.4. The Bertz CT molecular complexity index is 500. The van der Waals surface area contributed by atoms with Crippen molar-refractivity contribution in [2.75, 3.05) is 23.8 Å². The molecule has 0 amide bonds. The standard InChI is InChI=1S/C11H13BrN4S/c1-3-13-9-6-10(15-7-14-9)16(2)11-5-4-8(12)17-11/h4-7H,3H2,1-2H3,(H,13,14,15). The summed E-state index contributed by atoms with van der Waals surface area (Å²) in [6.45, 7) is 2.90. The summed E-state index contributed by atoms with van der Waals surface area (Å²) in [5.41, 5.74) is 0. The van der Waals surface area contributed by atoms with E-state index in [0.29, 0.717) is 0 Å². The molecule has 2 heterocycles. The summed E-state index contributed by atoms with van der Waals surface area (Å²) in [6.07, 6.45) is 1.58. The molecule has 1 N–H and O–H groups in total. The van der Waals surface area contributed by atoms with E-state index in [4.69, 9.17) is 0 Å². The van der Waals surface area contributed by atoms with Gasteiger partial charge in [0, 0.05) is 19.7 Å². The Kier molecular flexibility index (Phi) is 3.96. The van der Waals surface area contributed by atoms with E-state index in [1.54, 1.807) is 17.7 Å². The van der Waals surface area contributed by atoms with Gasteiger partial charge in [-0.05, 0) is 35.0 Å². The maximum Gasteiger partial charge on any atom is 0.138 e. The van der Waals surface area contributed by atoms with Crippen LogP contribution in [-0.2, 0) is 0 Å². The molecule has 0 aliphatic rings. The van der Waals surface area contributed by atoms with Crippen molar-refractivity contribution in [1.29, 1.82) is 0 Å². The van der Waals surface area contributed by atoms with Gasteiger partial charge in [-0.2, -0.15) is 0 Å². The molecule has 17 heavy (non-hydrogen) atoms. The minimum Gasteiger partial charge on any atom is -0.370 e. The molecule has 2 aromatic rings. The summed E-state index contributed by atoms with van der Waals surface area (Å²) in [5, 5.41) is 4.31. The van der Waals surface area contributed by atoms with E-state index < -0.39 is 0 Å². The molecule has 0 saturated carbocycles. The number of hydrogen-bond donors (Lipinski definition) is 1. The maximum atomic E-state index is 4.27. The fraction of sp³-hybridized carbons (Fsp3) is 0.273. The van der Waals surface area contributed by atoms with E-state index >= 15 is 0 Å². The largest absolute Gasteiger partial charge is 0.370 e. The number of nitrogens with one attached hydrogen (secondary N) is 1.